The molecule has 0 atom stereocenters. The third-order valence-corrected chi connectivity index (χ3v) is 3.66. The van der Waals surface area contributed by atoms with Crippen LogP contribution in [-0.4, -0.2) is 29.5 Å². The number of aryl methyl sites for hydroxylation is 1. The number of rotatable bonds is 3. The maximum atomic E-state index is 3.40. The molecule has 84 valence electrons. The Morgan fingerprint density at radius 2 is 2.19 bits per heavy atom. The Balaban J connectivity index is 1.83. The molecule has 0 spiro atoms. The second-order valence-electron chi connectivity index (χ2n) is 4.76. The minimum absolute atomic E-state index is 1.17. The lowest BCUT2D eigenvalue weighted by Crippen LogP contribution is -2.38. The molecular formula is C14H18N2. The first-order chi connectivity index (χ1) is 7.84. The van der Waals surface area contributed by atoms with Gasteiger partial charge in [0.05, 0.1) is 0 Å². The van der Waals surface area contributed by atoms with E-state index in [2.05, 4.69) is 41.2 Å². The summed E-state index contributed by atoms with van der Waals surface area (Å²) >= 11 is 0. The highest BCUT2D eigenvalue weighted by molar-refractivity contribution is 5.85. The van der Waals surface area contributed by atoms with E-state index in [0.29, 0.717) is 0 Å². The van der Waals surface area contributed by atoms with E-state index in [-0.39, 0.29) is 0 Å². The van der Waals surface area contributed by atoms with Gasteiger partial charge in [-0.25, -0.2) is 0 Å². The highest BCUT2D eigenvalue weighted by atomic mass is 15.2. The molecule has 1 aliphatic rings. The fraction of sp³-hybridized carbons (Fsp3) is 0.429. The molecule has 0 saturated carbocycles. The van der Waals surface area contributed by atoms with Gasteiger partial charge in [0.25, 0.3) is 0 Å². The van der Waals surface area contributed by atoms with Crippen LogP contribution in [0.3, 0.4) is 0 Å². The lowest BCUT2D eigenvalue weighted by atomic mass is 10.1. The van der Waals surface area contributed by atoms with Crippen LogP contribution in [0.5, 0.6) is 0 Å². The van der Waals surface area contributed by atoms with Crippen molar-refractivity contribution in [3.63, 3.8) is 0 Å². The molecule has 1 aromatic carbocycles. The Morgan fingerprint density at radius 1 is 1.31 bits per heavy atom. The van der Waals surface area contributed by atoms with E-state index in [0.717, 1.165) is 0 Å². The fourth-order valence-electron chi connectivity index (χ4n) is 2.45. The summed E-state index contributed by atoms with van der Waals surface area (Å²) in [5.41, 5.74) is 4.11. The molecule has 1 N–H and O–H groups in total. The average Bonchev–Trinajstić information content (AvgIpc) is 2.61. The molecule has 16 heavy (non-hydrogen) atoms. The zero-order valence-corrected chi connectivity index (χ0v) is 9.79. The number of aromatic nitrogens is 1. The predicted octanol–water partition coefficient (Wildman–Crippen LogP) is 2.72. The standard InChI is InChI=1S/C14H18N2/c1-11-4-2-5-13-12(10-15-14(11)13)6-9-16-7-3-8-16/h2,4-5,10,15H,3,6-9H2,1H3. The highest BCUT2D eigenvalue weighted by Gasteiger charge is 2.14. The maximum Gasteiger partial charge on any atom is 0.0486 e. The summed E-state index contributed by atoms with van der Waals surface area (Å²) in [6.45, 7) is 5.96. The van der Waals surface area contributed by atoms with Crippen molar-refractivity contribution in [3.8, 4) is 0 Å². The molecule has 2 heterocycles. The summed E-state index contributed by atoms with van der Waals surface area (Å²) in [5.74, 6) is 0. The third-order valence-electron chi connectivity index (χ3n) is 3.66. The molecular weight excluding hydrogens is 196 g/mol. The van der Waals surface area contributed by atoms with Crippen LogP contribution in [-0.2, 0) is 6.42 Å². The Morgan fingerprint density at radius 3 is 2.94 bits per heavy atom. The number of aromatic amines is 1. The number of benzene rings is 1. The smallest absolute Gasteiger partial charge is 0.0486 e. The van der Waals surface area contributed by atoms with Crippen molar-refractivity contribution in [3.05, 3.63) is 35.5 Å². The summed E-state index contributed by atoms with van der Waals surface area (Å²) < 4.78 is 0. The van der Waals surface area contributed by atoms with Crippen LogP contribution < -0.4 is 0 Å². The van der Waals surface area contributed by atoms with E-state index in [4.69, 9.17) is 0 Å². The number of hydrogen-bond donors (Lipinski definition) is 1. The number of fused-ring (bicyclic) bond motifs is 1. The van der Waals surface area contributed by atoms with E-state index in [1.807, 2.05) is 0 Å². The first-order valence-electron chi connectivity index (χ1n) is 6.12. The number of likely N-dealkylation sites (tertiary alicyclic amines) is 1. The second-order valence-corrected chi connectivity index (χ2v) is 4.76. The van der Waals surface area contributed by atoms with Gasteiger partial charge in [0.15, 0.2) is 0 Å². The summed E-state index contributed by atoms with van der Waals surface area (Å²) in [6.07, 6.45) is 4.73. The Bertz CT molecular complexity index is 494. The van der Waals surface area contributed by atoms with Crippen LogP contribution in [0.1, 0.15) is 17.5 Å². The molecule has 3 rings (SSSR count). The normalized spacial score (nSPS) is 16.6. The molecule has 0 unspecified atom stereocenters. The van der Waals surface area contributed by atoms with Crippen molar-refractivity contribution in [1.29, 1.82) is 0 Å². The molecule has 1 aromatic heterocycles. The largest absolute Gasteiger partial charge is 0.361 e. The molecule has 0 amide bonds. The SMILES string of the molecule is Cc1cccc2c(CCN3CCC3)c[nH]c12. The van der Waals surface area contributed by atoms with Gasteiger partial charge in [-0.05, 0) is 44.0 Å². The second kappa shape index (κ2) is 3.95. The molecule has 2 nitrogen and oxygen atoms in total. The molecule has 2 aromatic rings. The van der Waals surface area contributed by atoms with Crippen molar-refractivity contribution in [2.75, 3.05) is 19.6 Å². The maximum absolute atomic E-state index is 3.40. The van der Waals surface area contributed by atoms with Crippen molar-refractivity contribution in [1.82, 2.24) is 9.88 Å². The molecule has 2 heteroatoms. The summed E-state index contributed by atoms with van der Waals surface area (Å²) in [6, 6.07) is 6.54. The minimum atomic E-state index is 1.17. The van der Waals surface area contributed by atoms with Gasteiger partial charge < -0.3 is 9.88 Å². The van der Waals surface area contributed by atoms with Crippen molar-refractivity contribution in [2.24, 2.45) is 0 Å². The lowest BCUT2D eigenvalue weighted by molar-refractivity contribution is 0.184. The van der Waals surface area contributed by atoms with Crippen molar-refractivity contribution < 1.29 is 0 Å². The van der Waals surface area contributed by atoms with Gasteiger partial charge in [-0.15, -0.1) is 0 Å². The summed E-state index contributed by atoms with van der Waals surface area (Å²) in [4.78, 5) is 5.92. The Kier molecular flexibility index (Phi) is 2.44. The van der Waals surface area contributed by atoms with Gasteiger partial charge >= 0.3 is 0 Å². The number of H-pyrrole nitrogens is 1. The molecule has 0 bridgehead atoms. The zero-order chi connectivity index (χ0) is 11.0. The van der Waals surface area contributed by atoms with E-state index >= 15 is 0 Å². The Labute approximate surface area is 96.3 Å². The predicted molar refractivity (Wildman–Crippen MR) is 67.8 cm³/mol. The van der Waals surface area contributed by atoms with Gasteiger partial charge in [-0.2, -0.15) is 0 Å². The lowest BCUT2D eigenvalue weighted by Gasteiger charge is -2.30. The first-order valence-corrected chi connectivity index (χ1v) is 6.12. The number of nitrogens with one attached hydrogen (secondary N) is 1. The van der Waals surface area contributed by atoms with E-state index in [1.165, 1.54) is 54.5 Å². The zero-order valence-electron chi connectivity index (χ0n) is 9.79. The molecule has 1 aliphatic heterocycles. The van der Waals surface area contributed by atoms with Gasteiger partial charge in [0.2, 0.25) is 0 Å². The Hall–Kier alpha value is -1.28. The van der Waals surface area contributed by atoms with Crippen LogP contribution in [0.4, 0.5) is 0 Å². The van der Waals surface area contributed by atoms with Gasteiger partial charge in [-0.3, -0.25) is 0 Å². The highest BCUT2D eigenvalue weighted by Crippen LogP contribution is 2.22. The first kappa shape index (κ1) is 9.91. The van der Waals surface area contributed by atoms with Gasteiger partial charge in [0, 0.05) is 23.6 Å². The molecule has 1 fully saturated rings. The van der Waals surface area contributed by atoms with Gasteiger partial charge in [-0.1, -0.05) is 18.2 Å². The third kappa shape index (κ3) is 1.63. The van der Waals surface area contributed by atoms with Crippen LogP contribution >= 0.6 is 0 Å². The molecule has 1 saturated heterocycles. The molecule has 0 aliphatic carbocycles. The van der Waals surface area contributed by atoms with Gasteiger partial charge in [0.1, 0.15) is 0 Å². The van der Waals surface area contributed by atoms with Crippen LogP contribution in [0.25, 0.3) is 10.9 Å². The fourth-order valence-corrected chi connectivity index (χ4v) is 2.45. The topological polar surface area (TPSA) is 19.0 Å². The van der Waals surface area contributed by atoms with E-state index < -0.39 is 0 Å². The van der Waals surface area contributed by atoms with E-state index in [1.54, 1.807) is 0 Å². The minimum Gasteiger partial charge on any atom is -0.361 e. The number of nitrogens with zero attached hydrogens (tertiary/aromatic N) is 1. The quantitative estimate of drug-likeness (QED) is 0.832. The van der Waals surface area contributed by atoms with E-state index in [9.17, 15) is 0 Å². The summed E-state index contributed by atoms with van der Waals surface area (Å²) in [7, 11) is 0. The number of para-hydroxylation sites is 1. The average molecular weight is 214 g/mol. The number of hydrogen-bond acceptors (Lipinski definition) is 1. The van der Waals surface area contributed by atoms with Crippen LogP contribution in [0.15, 0.2) is 24.4 Å². The molecule has 0 radical (unpaired) electrons. The summed E-state index contributed by atoms with van der Waals surface area (Å²) in [5, 5.41) is 1.40. The van der Waals surface area contributed by atoms with Crippen LogP contribution in [0, 0.1) is 6.92 Å². The monoisotopic (exact) mass is 214 g/mol. The van der Waals surface area contributed by atoms with Crippen molar-refractivity contribution in [2.45, 2.75) is 19.8 Å². The van der Waals surface area contributed by atoms with Crippen LogP contribution in [0.2, 0.25) is 0 Å². The van der Waals surface area contributed by atoms with Crippen molar-refractivity contribution >= 4 is 10.9 Å².